The van der Waals surface area contributed by atoms with E-state index >= 15 is 0 Å². The highest BCUT2D eigenvalue weighted by Crippen LogP contribution is 2.31. The van der Waals surface area contributed by atoms with Gasteiger partial charge in [-0.2, -0.15) is 0 Å². The Morgan fingerprint density at radius 2 is 2.38 bits per heavy atom. The number of nitrogens with two attached hydrogens (primary N) is 1. The van der Waals surface area contributed by atoms with Crippen LogP contribution in [-0.4, -0.2) is 28.4 Å². The number of thiazole rings is 1. The van der Waals surface area contributed by atoms with Crippen molar-refractivity contribution in [2.24, 2.45) is 5.73 Å². The molecule has 0 bridgehead atoms. The fourth-order valence-corrected chi connectivity index (χ4v) is 2.75. The number of hydrogen-bond acceptors (Lipinski definition) is 4. The van der Waals surface area contributed by atoms with Gasteiger partial charge in [-0.1, -0.05) is 0 Å². The third kappa shape index (κ3) is 1.97. The monoisotopic (exact) mass is 239 g/mol. The van der Waals surface area contributed by atoms with Crippen LogP contribution >= 0.6 is 11.3 Å². The minimum Gasteiger partial charge on any atom is -0.339 e. The second kappa shape index (κ2) is 4.14. The van der Waals surface area contributed by atoms with Gasteiger partial charge in [0.1, 0.15) is 0 Å². The van der Waals surface area contributed by atoms with Crippen LogP contribution < -0.4 is 5.73 Å². The Morgan fingerprint density at radius 3 is 2.81 bits per heavy atom. The first-order valence-electron chi connectivity index (χ1n) is 5.46. The summed E-state index contributed by atoms with van der Waals surface area (Å²) < 4.78 is 0. The zero-order chi connectivity index (χ0) is 11.8. The summed E-state index contributed by atoms with van der Waals surface area (Å²) >= 11 is 1.59. The highest BCUT2D eigenvalue weighted by atomic mass is 32.1. The number of rotatable bonds is 3. The average molecular weight is 239 g/mol. The van der Waals surface area contributed by atoms with Crippen LogP contribution in [0.5, 0.6) is 0 Å². The Kier molecular flexibility index (Phi) is 2.99. The standard InChI is InChI=1S/C11H17N3OS/c1-8-9(16-7-13-8)6-14(2)10(15)11(12)4-3-5-11/h7H,3-6,12H2,1-2H3. The Balaban J connectivity index is 2.00. The Hall–Kier alpha value is -0.940. The highest BCUT2D eigenvalue weighted by Gasteiger charge is 2.41. The van der Waals surface area contributed by atoms with Gasteiger partial charge in [0.15, 0.2) is 0 Å². The van der Waals surface area contributed by atoms with E-state index in [0.717, 1.165) is 29.8 Å². The second-order valence-corrected chi connectivity index (χ2v) is 5.47. The van der Waals surface area contributed by atoms with Crippen molar-refractivity contribution in [1.29, 1.82) is 0 Å². The smallest absolute Gasteiger partial charge is 0.242 e. The first kappa shape index (κ1) is 11.5. The van der Waals surface area contributed by atoms with Crippen LogP contribution in [0.4, 0.5) is 0 Å². The van der Waals surface area contributed by atoms with Crippen molar-refractivity contribution in [3.05, 3.63) is 16.1 Å². The largest absolute Gasteiger partial charge is 0.339 e. The molecule has 1 aliphatic carbocycles. The van der Waals surface area contributed by atoms with Crippen LogP contribution in [0.1, 0.15) is 29.8 Å². The summed E-state index contributed by atoms with van der Waals surface area (Å²) in [5.41, 5.74) is 8.23. The summed E-state index contributed by atoms with van der Waals surface area (Å²) in [7, 11) is 1.81. The number of aryl methyl sites for hydroxylation is 1. The van der Waals surface area contributed by atoms with Gasteiger partial charge >= 0.3 is 0 Å². The van der Waals surface area contributed by atoms with Gasteiger partial charge < -0.3 is 10.6 Å². The number of carbonyl (C=O) groups excluding carboxylic acids is 1. The van der Waals surface area contributed by atoms with Crippen LogP contribution in [0.15, 0.2) is 5.51 Å². The molecule has 0 aliphatic heterocycles. The number of aromatic nitrogens is 1. The molecule has 2 N–H and O–H groups in total. The van der Waals surface area contributed by atoms with Gasteiger partial charge in [0, 0.05) is 11.9 Å². The first-order valence-corrected chi connectivity index (χ1v) is 6.34. The van der Waals surface area contributed by atoms with Crippen LogP contribution in [0.25, 0.3) is 0 Å². The summed E-state index contributed by atoms with van der Waals surface area (Å²) in [5.74, 6) is 0.0616. The van der Waals surface area contributed by atoms with E-state index in [2.05, 4.69) is 4.98 Å². The summed E-state index contributed by atoms with van der Waals surface area (Å²) in [6, 6.07) is 0. The molecular weight excluding hydrogens is 222 g/mol. The van der Waals surface area contributed by atoms with E-state index in [4.69, 9.17) is 5.73 Å². The maximum absolute atomic E-state index is 12.1. The van der Waals surface area contributed by atoms with Gasteiger partial charge in [-0.15, -0.1) is 11.3 Å². The fourth-order valence-electron chi connectivity index (χ4n) is 1.92. The molecule has 0 saturated heterocycles. The van der Waals surface area contributed by atoms with Crippen LogP contribution in [0, 0.1) is 6.92 Å². The zero-order valence-electron chi connectivity index (χ0n) is 9.69. The van der Waals surface area contributed by atoms with E-state index in [1.165, 1.54) is 0 Å². The van der Waals surface area contributed by atoms with Gasteiger partial charge in [0.2, 0.25) is 5.91 Å². The van der Waals surface area contributed by atoms with Gasteiger partial charge in [-0.05, 0) is 26.2 Å². The zero-order valence-corrected chi connectivity index (χ0v) is 10.5. The lowest BCUT2D eigenvalue weighted by molar-refractivity contribution is -0.139. The van der Waals surface area contributed by atoms with Crippen molar-refractivity contribution in [3.63, 3.8) is 0 Å². The SMILES string of the molecule is Cc1ncsc1CN(C)C(=O)C1(N)CCC1. The van der Waals surface area contributed by atoms with E-state index in [1.807, 2.05) is 19.5 Å². The Labute approximate surface area is 99.5 Å². The molecule has 5 heteroatoms. The van der Waals surface area contributed by atoms with E-state index in [-0.39, 0.29) is 5.91 Å². The van der Waals surface area contributed by atoms with Crippen molar-refractivity contribution in [1.82, 2.24) is 9.88 Å². The van der Waals surface area contributed by atoms with Crippen LogP contribution in [0.3, 0.4) is 0 Å². The molecular formula is C11H17N3OS. The summed E-state index contributed by atoms with van der Waals surface area (Å²) in [6.45, 7) is 2.58. The van der Waals surface area contributed by atoms with Gasteiger partial charge in [-0.25, -0.2) is 4.98 Å². The molecule has 1 aromatic rings. The quantitative estimate of drug-likeness (QED) is 0.864. The first-order chi connectivity index (χ1) is 7.53. The molecule has 0 aromatic carbocycles. The van der Waals surface area contributed by atoms with Crippen molar-refractivity contribution >= 4 is 17.2 Å². The Morgan fingerprint density at radius 1 is 1.69 bits per heavy atom. The minimum atomic E-state index is -0.590. The predicted molar refractivity (Wildman–Crippen MR) is 64.1 cm³/mol. The molecule has 0 spiro atoms. The number of amides is 1. The minimum absolute atomic E-state index is 0.0616. The van der Waals surface area contributed by atoms with Gasteiger partial charge in [-0.3, -0.25) is 4.79 Å². The highest BCUT2D eigenvalue weighted by molar-refractivity contribution is 7.09. The van der Waals surface area contributed by atoms with Crippen molar-refractivity contribution in [3.8, 4) is 0 Å². The lowest BCUT2D eigenvalue weighted by Crippen LogP contribution is -2.58. The third-order valence-electron chi connectivity index (χ3n) is 3.24. The topological polar surface area (TPSA) is 59.2 Å². The molecule has 1 fully saturated rings. The number of hydrogen-bond donors (Lipinski definition) is 1. The summed E-state index contributed by atoms with van der Waals surface area (Å²) in [6.07, 6.45) is 2.70. The third-order valence-corrected chi connectivity index (χ3v) is 4.16. The molecule has 4 nitrogen and oxygen atoms in total. The van der Waals surface area contributed by atoms with Gasteiger partial charge in [0.05, 0.1) is 23.3 Å². The van der Waals surface area contributed by atoms with Crippen molar-refractivity contribution < 1.29 is 4.79 Å². The fraction of sp³-hybridized carbons (Fsp3) is 0.636. The molecule has 2 rings (SSSR count). The van der Waals surface area contributed by atoms with E-state index in [0.29, 0.717) is 6.54 Å². The van der Waals surface area contributed by atoms with Gasteiger partial charge in [0.25, 0.3) is 0 Å². The molecule has 16 heavy (non-hydrogen) atoms. The maximum Gasteiger partial charge on any atom is 0.242 e. The molecule has 1 aliphatic rings. The van der Waals surface area contributed by atoms with Crippen LogP contribution in [-0.2, 0) is 11.3 Å². The molecule has 1 heterocycles. The maximum atomic E-state index is 12.1. The lowest BCUT2D eigenvalue weighted by atomic mass is 9.76. The normalized spacial score (nSPS) is 17.9. The molecule has 1 saturated carbocycles. The van der Waals surface area contributed by atoms with E-state index in [1.54, 1.807) is 16.2 Å². The van der Waals surface area contributed by atoms with Crippen molar-refractivity contribution in [2.75, 3.05) is 7.05 Å². The molecule has 1 aromatic heterocycles. The van der Waals surface area contributed by atoms with E-state index < -0.39 is 5.54 Å². The number of likely N-dealkylation sites (N-methyl/N-ethyl adjacent to an activating group) is 1. The summed E-state index contributed by atoms with van der Waals surface area (Å²) in [4.78, 5) is 19.1. The lowest BCUT2D eigenvalue weighted by Gasteiger charge is -2.39. The molecule has 0 radical (unpaired) electrons. The molecule has 0 atom stereocenters. The molecule has 88 valence electrons. The predicted octanol–water partition coefficient (Wildman–Crippen LogP) is 1.29. The molecule has 1 amide bonds. The summed E-state index contributed by atoms with van der Waals surface area (Å²) in [5, 5.41) is 0. The second-order valence-electron chi connectivity index (χ2n) is 4.53. The number of carbonyl (C=O) groups is 1. The average Bonchev–Trinajstić information content (AvgIpc) is 2.60. The van der Waals surface area contributed by atoms with Crippen molar-refractivity contribution in [2.45, 2.75) is 38.3 Å². The Bertz CT molecular complexity index is 398. The van der Waals surface area contributed by atoms with E-state index in [9.17, 15) is 4.79 Å². The van der Waals surface area contributed by atoms with Crippen LogP contribution in [0.2, 0.25) is 0 Å². The molecule has 0 unspecified atom stereocenters. The number of nitrogens with zero attached hydrogens (tertiary/aromatic N) is 2.